The van der Waals surface area contributed by atoms with Gasteiger partial charge in [-0.15, -0.1) is 0 Å². The Balaban J connectivity index is 2.38. The van der Waals surface area contributed by atoms with E-state index in [2.05, 4.69) is 0 Å². The Morgan fingerprint density at radius 1 is 1.38 bits per heavy atom. The maximum Gasteiger partial charge on any atom is 0.330 e. The van der Waals surface area contributed by atoms with E-state index in [0.29, 0.717) is 19.8 Å². The van der Waals surface area contributed by atoms with E-state index in [1.807, 2.05) is 10.6 Å². The number of hydrogen-bond acceptors (Lipinski definition) is 3. The van der Waals surface area contributed by atoms with Crippen molar-refractivity contribution in [2.45, 2.75) is 13.5 Å². The number of nitrogens with zero attached hydrogens (tertiary/aromatic N) is 1. The summed E-state index contributed by atoms with van der Waals surface area (Å²) in [7, 11) is 1.62. The van der Waals surface area contributed by atoms with Crippen LogP contribution in [0.4, 0.5) is 4.39 Å². The van der Waals surface area contributed by atoms with Crippen molar-refractivity contribution < 1.29 is 18.7 Å². The van der Waals surface area contributed by atoms with Gasteiger partial charge in [-0.3, -0.25) is 0 Å². The number of methoxy groups -OCH3 is 1. The lowest BCUT2D eigenvalue weighted by Gasteiger charge is -2.07. The van der Waals surface area contributed by atoms with Crippen LogP contribution in [-0.4, -0.2) is 30.9 Å². The summed E-state index contributed by atoms with van der Waals surface area (Å²) in [5.41, 5.74) is 1.71. The van der Waals surface area contributed by atoms with Gasteiger partial charge in [-0.2, -0.15) is 0 Å². The zero-order valence-electron chi connectivity index (χ0n) is 12.1. The minimum atomic E-state index is -0.396. The van der Waals surface area contributed by atoms with Gasteiger partial charge in [0.1, 0.15) is 5.82 Å². The van der Waals surface area contributed by atoms with Crippen molar-refractivity contribution >= 4 is 22.9 Å². The Morgan fingerprint density at radius 3 is 2.90 bits per heavy atom. The molecule has 5 heteroatoms. The molecule has 0 aliphatic rings. The molecule has 1 aromatic carbocycles. The third kappa shape index (κ3) is 3.70. The first-order valence-corrected chi connectivity index (χ1v) is 6.78. The Bertz CT molecular complexity index is 661. The second kappa shape index (κ2) is 7.04. The number of carbonyl (C=O) groups excluding carboxylic acids is 1. The van der Waals surface area contributed by atoms with Gasteiger partial charge in [0.05, 0.1) is 13.2 Å². The maximum absolute atomic E-state index is 13.3. The van der Waals surface area contributed by atoms with Crippen LogP contribution >= 0.6 is 0 Å². The Hall–Kier alpha value is -2.14. The molecule has 0 atom stereocenters. The summed E-state index contributed by atoms with van der Waals surface area (Å²) in [6.07, 6.45) is 3.04. The molecule has 0 unspecified atom stereocenters. The lowest BCUT2D eigenvalue weighted by atomic mass is 10.2. The Kier molecular flexibility index (Phi) is 5.11. The van der Waals surface area contributed by atoms with Gasteiger partial charge in [-0.05, 0) is 37.3 Å². The predicted molar refractivity (Wildman–Crippen MR) is 79.4 cm³/mol. The smallest absolute Gasteiger partial charge is 0.330 e. The van der Waals surface area contributed by atoms with Crippen LogP contribution in [0, 0.1) is 5.82 Å². The van der Waals surface area contributed by atoms with Crippen molar-refractivity contribution in [3.05, 3.63) is 41.9 Å². The third-order valence-electron chi connectivity index (χ3n) is 3.09. The van der Waals surface area contributed by atoms with Gasteiger partial charge in [0.25, 0.3) is 0 Å². The average Bonchev–Trinajstić information content (AvgIpc) is 2.80. The molecule has 0 N–H and O–H groups in total. The van der Waals surface area contributed by atoms with E-state index in [4.69, 9.17) is 9.47 Å². The number of hydrogen-bond donors (Lipinski definition) is 0. The van der Waals surface area contributed by atoms with Crippen LogP contribution in [0.15, 0.2) is 30.3 Å². The predicted octanol–water partition coefficient (Wildman–Crippen LogP) is 3.00. The molecule has 0 amide bonds. The largest absolute Gasteiger partial charge is 0.463 e. The summed E-state index contributed by atoms with van der Waals surface area (Å²) in [6, 6.07) is 6.46. The van der Waals surface area contributed by atoms with E-state index in [0.717, 1.165) is 16.6 Å². The van der Waals surface area contributed by atoms with Crippen LogP contribution in [0.3, 0.4) is 0 Å². The summed E-state index contributed by atoms with van der Waals surface area (Å²) in [5.74, 6) is -0.681. The number of fused-ring (bicyclic) bond motifs is 1. The zero-order valence-corrected chi connectivity index (χ0v) is 12.1. The van der Waals surface area contributed by atoms with E-state index in [9.17, 15) is 9.18 Å². The minimum absolute atomic E-state index is 0.285. The van der Waals surface area contributed by atoms with Crippen LogP contribution in [0.1, 0.15) is 12.6 Å². The van der Waals surface area contributed by atoms with Gasteiger partial charge in [0.15, 0.2) is 0 Å². The molecule has 2 aromatic rings. The number of aromatic nitrogens is 1. The monoisotopic (exact) mass is 291 g/mol. The molecule has 0 aliphatic heterocycles. The van der Waals surface area contributed by atoms with Crippen LogP contribution in [0.25, 0.3) is 17.0 Å². The van der Waals surface area contributed by atoms with E-state index in [1.165, 1.54) is 18.2 Å². The molecule has 112 valence electrons. The standard InChI is InChI=1S/C16H18FNO3/c1-3-21-16(19)7-5-14-11-12-10-13(17)4-6-15(12)18(14)8-9-20-2/h4-7,10-11H,3,8-9H2,1-2H3/b7-5+. The molecular weight excluding hydrogens is 273 g/mol. The highest BCUT2D eigenvalue weighted by Crippen LogP contribution is 2.22. The number of benzene rings is 1. The first-order valence-electron chi connectivity index (χ1n) is 6.78. The quantitative estimate of drug-likeness (QED) is 0.607. The molecule has 2 rings (SSSR count). The second-order valence-corrected chi connectivity index (χ2v) is 4.50. The van der Waals surface area contributed by atoms with Crippen molar-refractivity contribution in [2.75, 3.05) is 20.3 Å². The number of halogens is 1. The topological polar surface area (TPSA) is 40.5 Å². The van der Waals surface area contributed by atoms with E-state index >= 15 is 0 Å². The fourth-order valence-electron chi connectivity index (χ4n) is 2.18. The normalized spacial score (nSPS) is 11.4. The van der Waals surface area contributed by atoms with Crippen molar-refractivity contribution in [3.8, 4) is 0 Å². The van der Waals surface area contributed by atoms with Gasteiger partial charge in [0, 0.05) is 36.3 Å². The fourth-order valence-corrected chi connectivity index (χ4v) is 2.18. The van der Waals surface area contributed by atoms with E-state index in [-0.39, 0.29) is 5.82 Å². The highest BCUT2D eigenvalue weighted by Gasteiger charge is 2.08. The van der Waals surface area contributed by atoms with Gasteiger partial charge in [0.2, 0.25) is 0 Å². The molecule has 0 aliphatic carbocycles. The van der Waals surface area contributed by atoms with Crippen molar-refractivity contribution in [1.29, 1.82) is 0 Å². The zero-order chi connectivity index (χ0) is 15.2. The Morgan fingerprint density at radius 2 is 2.19 bits per heavy atom. The number of carbonyl (C=O) groups is 1. The van der Waals surface area contributed by atoms with Gasteiger partial charge < -0.3 is 14.0 Å². The van der Waals surface area contributed by atoms with Gasteiger partial charge in [-0.1, -0.05) is 0 Å². The SMILES string of the molecule is CCOC(=O)/C=C/c1cc2cc(F)ccc2n1CCOC. The first kappa shape index (κ1) is 15.3. The van der Waals surface area contributed by atoms with Crippen LogP contribution in [0.2, 0.25) is 0 Å². The highest BCUT2D eigenvalue weighted by atomic mass is 19.1. The molecule has 0 saturated carbocycles. The van der Waals surface area contributed by atoms with Gasteiger partial charge >= 0.3 is 5.97 Å². The molecule has 4 nitrogen and oxygen atoms in total. The van der Waals surface area contributed by atoms with Crippen LogP contribution < -0.4 is 0 Å². The molecule has 21 heavy (non-hydrogen) atoms. The highest BCUT2D eigenvalue weighted by molar-refractivity contribution is 5.89. The third-order valence-corrected chi connectivity index (χ3v) is 3.09. The second-order valence-electron chi connectivity index (χ2n) is 4.50. The summed E-state index contributed by atoms with van der Waals surface area (Å²) in [4.78, 5) is 11.4. The molecule has 1 aromatic heterocycles. The number of ether oxygens (including phenoxy) is 2. The molecule has 0 radical (unpaired) electrons. The molecule has 1 heterocycles. The Labute approximate surface area is 122 Å². The number of rotatable bonds is 6. The van der Waals surface area contributed by atoms with E-state index < -0.39 is 5.97 Å². The summed E-state index contributed by atoms with van der Waals surface area (Å²) in [6.45, 7) is 3.24. The lowest BCUT2D eigenvalue weighted by molar-refractivity contribution is -0.137. The van der Waals surface area contributed by atoms with Crippen molar-refractivity contribution in [3.63, 3.8) is 0 Å². The van der Waals surface area contributed by atoms with Crippen molar-refractivity contribution in [1.82, 2.24) is 4.57 Å². The maximum atomic E-state index is 13.3. The first-order chi connectivity index (χ1) is 10.2. The van der Waals surface area contributed by atoms with E-state index in [1.54, 1.807) is 26.2 Å². The average molecular weight is 291 g/mol. The summed E-state index contributed by atoms with van der Waals surface area (Å²) >= 11 is 0. The lowest BCUT2D eigenvalue weighted by Crippen LogP contribution is -2.06. The number of esters is 1. The van der Waals surface area contributed by atoms with Crippen LogP contribution in [0.5, 0.6) is 0 Å². The fraction of sp³-hybridized carbons (Fsp3) is 0.312. The molecular formula is C16H18FNO3. The van der Waals surface area contributed by atoms with Crippen molar-refractivity contribution in [2.24, 2.45) is 0 Å². The molecule has 0 fully saturated rings. The van der Waals surface area contributed by atoms with Crippen LogP contribution in [-0.2, 0) is 20.8 Å². The molecule has 0 spiro atoms. The molecule has 0 bridgehead atoms. The summed E-state index contributed by atoms with van der Waals surface area (Å²) < 4.78 is 25.3. The summed E-state index contributed by atoms with van der Waals surface area (Å²) in [5, 5.41) is 0.787. The van der Waals surface area contributed by atoms with Gasteiger partial charge in [-0.25, -0.2) is 9.18 Å². The minimum Gasteiger partial charge on any atom is -0.463 e. The molecule has 0 saturated heterocycles.